The summed E-state index contributed by atoms with van der Waals surface area (Å²) in [6.07, 6.45) is 5.68. The van der Waals surface area contributed by atoms with Crippen molar-refractivity contribution in [3.8, 4) is 22.5 Å². The molecule has 0 bridgehead atoms. The quantitative estimate of drug-likeness (QED) is 0.157. The lowest BCUT2D eigenvalue weighted by atomic mass is 10.1. The Morgan fingerprint density at radius 3 is 2.47 bits per heavy atom. The fraction of sp³-hybridized carbons (Fsp3) is 0.355. The Morgan fingerprint density at radius 2 is 1.79 bits per heavy atom. The number of hydrogen-bond donors (Lipinski definition) is 0. The molecular weight excluding hydrogens is 630 g/mol. The Labute approximate surface area is 270 Å². The van der Waals surface area contributed by atoms with Crippen LogP contribution in [0.3, 0.4) is 0 Å². The molecule has 1 aromatic carbocycles. The summed E-state index contributed by atoms with van der Waals surface area (Å²) in [5.41, 5.74) is 0.639. The molecule has 5 heterocycles. The standard InChI is InChI=1S/C31H34FN8O6P/c1-30(2,3)45-47(42,46-31(4,5)6)44-19-38-18-34-27(37-38)21-11-10-20(15-23(21)32)22-16-35-39-14-12-26(36-28(22)39)40-25(17-43-29(40)41)24-9-7-8-13-33-24/h7-16,18,25H,17,19H2,1-6H3/t25-/m1/s1. The molecule has 1 aliphatic heterocycles. The molecular formula is C31H34FN8O6P. The van der Waals surface area contributed by atoms with Gasteiger partial charge in [-0.05, 0) is 77.4 Å². The van der Waals surface area contributed by atoms with Crippen LogP contribution in [0.1, 0.15) is 53.3 Å². The first kappa shape index (κ1) is 32.4. The molecule has 1 saturated heterocycles. The van der Waals surface area contributed by atoms with Crippen molar-refractivity contribution in [2.45, 2.75) is 65.5 Å². The minimum Gasteiger partial charge on any atom is -0.446 e. The van der Waals surface area contributed by atoms with Gasteiger partial charge in [0.2, 0.25) is 0 Å². The van der Waals surface area contributed by atoms with E-state index in [2.05, 4.69) is 20.2 Å². The molecule has 47 heavy (non-hydrogen) atoms. The number of anilines is 1. The summed E-state index contributed by atoms with van der Waals surface area (Å²) in [7, 11) is -4.00. The largest absolute Gasteiger partial charge is 0.477 e. The summed E-state index contributed by atoms with van der Waals surface area (Å²) in [5, 5.41) is 8.66. The maximum atomic E-state index is 15.6. The number of carbonyl (C=O) groups is 1. The van der Waals surface area contributed by atoms with Gasteiger partial charge >= 0.3 is 13.9 Å². The number of benzene rings is 1. The number of ether oxygens (including phenoxy) is 1. The lowest BCUT2D eigenvalue weighted by Crippen LogP contribution is -2.28. The minimum absolute atomic E-state index is 0.0920. The van der Waals surface area contributed by atoms with Crippen LogP contribution in [-0.2, 0) is 29.6 Å². The van der Waals surface area contributed by atoms with Gasteiger partial charge in [-0.15, -0.1) is 5.10 Å². The number of amides is 1. The van der Waals surface area contributed by atoms with Crippen molar-refractivity contribution in [3.05, 3.63) is 78.9 Å². The normalized spacial score (nSPS) is 15.9. The monoisotopic (exact) mass is 664 g/mol. The highest BCUT2D eigenvalue weighted by atomic mass is 31.2. The van der Waals surface area contributed by atoms with Gasteiger partial charge in [-0.2, -0.15) is 5.10 Å². The van der Waals surface area contributed by atoms with E-state index in [-0.39, 0.29) is 24.7 Å². The summed E-state index contributed by atoms with van der Waals surface area (Å²) in [6.45, 7) is 10.2. The number of phosphoric acid groups is 1. The molecule has 1 amide bonds. The van der Waals surface area contributed by atoms with Gasteiger partial charge in [-0.1, -0.05) is 12.1 Å². The van der Waals surface area contributed by atoms with E-state index in [1.54, 1.807) is 84.4 Å². The molecule has 0 radical (unpaired) electrons. The highest BCUT2D eigenvalue weighted by Gasteiger charge is 2.38. The fourth-order valence-corrected chi connectivity index (χ4v) is 6.62. The molecule has 1 aliphatic rings. The molecule has 1 atom stereocenters. The summed E-state index contributed by atoms with van der Waals surface area (Å²) in [6, 6.07) is 11.2. The van der Waals surface area contributed by atoms with Gasteiger partial charge < -0.3 is 4.74 Å². The van der Waals surface area contributed by atoms with Gasteiger partial charge in [0.15, 0.2) is 18.2 Å². The van der Waals surface area contributed by atoms with Crippen LogP contribution in [0.2, 0.25) is 0 Å². The number of phosphoric ester groups is 1. The average Bonchev–Trinajstić information content (AvgIpc) is 3.73. The van der Waals surface area contributed by atoms with Gasteiger partial charge in [0, 0.05) is 18.0 Å². The van der Waals surface area contributed by atoms with Crippen LogP contribution < -0.4 is 4.90 Å². The van der Waals surface area contributed by atoms with E-state index < -0.39 is 37.0 Å². The average molecular weight is 665 g/mol. The third-order valence-corrected chi connectivity index (χ3v) is 8.65. The van der Waals surface area contributed by atoms with Crippen molar-refractivity contribution in [2.24, 2.45) is 0 Å². The molecule has 14 nitrogen and oxygen atoms in total. The maximum Gasteiger partial charge on any atom is 0.477 e. The van der Waals surface area contributed by atoms with E-state index in [0.717, 1.165) is 0 Å². The highest BCUT2D eigenvalue weighted by molar-refractivity contribution is 7.48. The SMILES string of the molecule is CC(C)(C)OP(=O)(OCn1cnc(-c2ccc(-c3cnn4ccc(N5C(=O)OC[C@@H]5c5ccccn5)nc34)cc2F)n1)OC(C)(C)C. The van der Waals surface area contributed by atoms with E-state index in [1.807, 2.05) is 12.1 Å². The van der Waals surface area contributed by atoms with E-state index in [9.17, 15) is 9.36 Å². The van der Waals surface area contributed by atoms with Crippen LogP contribution in [0.25, 0.3) is 28.2 Å². The molecule has 0 aliphatic carbocycles. The van der Waals surface area contributed by atoms with Crippen LogP contribution in [0.4, 0.5) is 15.0 Å². The van der Waals surface area contributed by atoms with E-state index in [1.165, 1.54) is 26.5 Å². The number of nitrogens with zero attached hydrogens (tertiary/aromatic N) is 8. The molecule has 4 aromatic heterocycles. The van der Waals surface area contributed by atoms with Crippen LogP contribution >= 0.6 is 7.82 Å². The topological polar surface area (TPSA) is 148 Å². The number of carbonyl (C=O) groups excluding carboxylic acids is 1. The fourth-order valence-electron chi connectivity index (χ4n) is 4.88. The number of cyclic esters (lactones) is 1. The first-order valence-electron chi connectivity index (χ1n) is 14.8. The van der Waals surface area contributed by atoms with Gasteiger partial charge in [-0.3, -0.25) is 18.6 Å². The smallest absolute Gasteiger partial charge is 0.446 e. The van der Waals surface area contributed by atoms with Crippen molar-refractivity contribution in [2.75, 3.05) is 11.5 Å². The van der Waals surface area contributed by atoms with Crippen molar-refractivity contribution < 1.29 is 32.1 Å². The summed E-state index contributed by atoms with van der Waals surface area (Å²) >= 11 is 0. The third kappa shape index (κ3) is 7.23. The van der Waals surface area contributed by atoms with Gasteiger partial charge in [0.05, 0.1) is 28.7 Å². The van der Waals surface area contributed by atoms with Crippen molar-refractivity contribution in [1.82, 2.24) is 34.3 Å². The van der Waals surface area contributed by atoms with Crippen LogP contribution in [0.15, 0.2) is 67.4 Å². The zero-order valence-electron chi connectivity index (χ0n) is 26.7. The number of pyridine rings is 1. The lowest BCUT2D eigenvalue weighted by Gasteiger charge is -2.30. The van der Waals surface area contributed by atoms with Gasteiger partial charge in [0.25, 0.3) is 0 Å². The van der Waals surface area contributed by atoms with E-state index >= 15 is 4.39 Å². The first-order chi connectivity index (χ1) is 22.2. The van der Waals surface area contributed by atoms with Crippen LogP contribution in [0.5, 0.6) is 0 Å². The molecule has 246 valence electrons. The maximum absolute atomic E-state index is 15.6. The summed E-state index contributed by atoms with van der Waals surface area (Å²) in [4.78, 5) is 27.5. The predicted molar refractivity (Wildman–Crippen MR) is 169 cm³/mol. The molecule has 0 N–H and O–H groups in total. The minimum atomic E-state index is -4.00. The molecule has 16 heteroatoms. The number of halogens is 1. The second-order valence-electron chi connectivity index (χ2n) is 12.7. The highest BCUT2D eigenvalue weighted by Crippen LogP contribution is 2.55. The lowest BCUT2D eigenvalue weighted by molar-refractivity contribution is -0.00760. The first-order valence-corrected chi connectivity index (χ1v) is 16.2. The van der Waals surface area contributed by atoms with E-state index in [0.29, 0.717) is 28.3 Å². The second-order valence-corrected chi connectivity index (χ2v) is 14.3. The van der Waals surface area contributed by atoms with Crippen LogP contribution in [0, 0.1) is 5.82 Å². The molecule has 0 saturated carbocycles. The number of aromatic nitrogens is 7. The molecule has 0 spiro atoms. The van der Waals surface area contributed by atoms with Crippen molar-refractivity contribution >= 4 is 25.4 Å². The molecule has 6 rings (SSSR count). The molecule has 1 fully saturated rings. The number of hydrogen-bond acceptors (Lipinski definition) is 11. The van der Waals surface area contributed by atoms with Gasteiger partial charge in [-0.25, -0.2) is 37.8 Å². The Bertz CT molecular complexity index is 1950. The Hall–Kier alpha value is -4.56. The Kier molecular flexibility index (Phi) is 8.43. The molecule has 5 aromatic rings. The van der Waals surface area contributed by atoms with Gasteiger partial charge in [0.1, 0.15) is 30.6 Å². The summed E-state index contributed by atoms with van der Waals surface area (Å²) < 4.78 is 53.9. The van der Waals surface area contributed by atoms with Crippen LogP contribution in [-0.4, -0.2) is 58.2 Å². The predicted octanol–water partition coefficient (Wildman–Crippen LogP) is 6.60. The zero-order chi connectivity index (χ0) is 33.6. The number of rotatable bonds is 9. The molecule has 0 unspecified atom stereocenters. The number of fused-ring (bicyclic) bond motifs is 1. The zero-order valence-corrected chi connectivity index (χ0v) is 27.6. The third-order valence-electron chi connectivity index (χ3n) is 6.68. The van der Waals surface area contributed by atoms with E-state index in [4.69, 9.17) is 23.3 Å². The Balaban J connectivity index is 1.23. The van der Waals surface area contributed by atoms with Crippen molar-refractivity contribution in [3.63, 3.8) is 0 Å². The van der Waals surface area contributed by atoms with Crippen molar-refractivity contribution in [1.29, 1.82) is 0 Å². The second kappa shape index (κ2) is 12.2. The summed E-state index contributed by atoms with van der Waals surface area (Å²) in [5.74, 6) is -0.154. The Morgan fingerprint density at radius 1 is 1.02 bits per heavy atom.